The molecule has 0 amide bonds. The number of nitrogens with zero attached hydrogens (tertiary/aromatic N) is 2. The largest absolute Gasteiger partial charge is 0.478 e. The predicted molar refractivity (Wildman–Crippen MR) is 98.7 cm³/mol. The van der Waals surface area contributed by atoms with Gasteiger partial charge >= 0.3 is 11.9 Å². The van der Waals surface area contributed by atoms with Crippen molar-refractivity contribution in [1.29, 1.82) is 0 Å². The van der Waals surface area contributed by atoms with Crippen molar-refractivity contribution in [3.63, 3.8) is 0 Å². The minimum absolute atomic E-state index is 0.201. The van der Waals surface area contributed by atoms with Crippen LogP contribution in [0.25, 0.3) is 33.7 Å². The van der Waals surface area contributed by atoms with Crippen LogP contribution in [0.1, 0.15) is 20.7 Å². The lowest BCUT2D eigenvalue weighted by molar-refractivity contribution is 0.0686. The van der Waals surface area contributed by atoms with E-state index in [4.69, 9.17) is 10.2 Å². The summed E-state index contributed by atoms with van der Waals surface area (Å²) in [7, 11) is 0. The maximum absolute atomic E-state index is 11.0. The van der Waals surface area contributed by atoms with Gasteiger partial charge in [0, 0.05) is 17.3 Å². The molecule has 0 aliphatic carbocycles. The van der Waals surface area contributed by atoms with Gasteiger partial charge in [-0.25, -0.2) is 19.6 Å². The number of carbonyl (C=O) groups is 2. The summed E-state index contributed by atoms with van der Waals surface area (Å²) in [6.07, 6.45) is 1.65. The van der Waals surface area contributed by atoms with Gasteiger partial charge in [-0.05, 0) is 35.9 Å². The number of aromatic carboxylic acids is 2. The van der Waals surface area contributed by atoms with Crippen molar-refractivity contribution in [3.8, 4) is 22.5 Å². The molecule has 27 heavy (non-hydrogen) atoms. The maximum atomic E-state index is 11.0. The lowest BCUT2D eigenvalue weighted by Crippen LogP contribution is -1.95. The molecule has 2 aromatic heterocycles. The second-order valence-corrected chi connectivity index (χ2v) is 5.91. The summed E-state index contributed by atoms with van der Waals surface area (Å²) in [4.78, 5) is 34.1. The fourth-order valence-corrected chi connectivity index (χ4v) is 2.84. The third kappa shape index (κ3) is 3.02. The van der Waals surface area contributed by atoms with Gasteiger partial charge in [-0.1, -0.05) is 24.3 Å². The quantitative estimate of drug-likeness (QED) is 0.512. The van der Waals surface area contributed by atoms with Crippen LogP contribution < -0.4 is 0 Å². The summed E-state index contributed by atoms with van der Waals surface area (Å²) >= 11 is 0. The molecule has 4 rings (SSSR count). The van der Waals surface area contributed by atoms with Crippen molar-refractivity contribution in [1.82, 2.24) is 15.0 Å². The van der Waals surface area contributed by atoms with Gasteiger partial charge in [-0.15, -0.1) is 0 Å². The number of aromatic amines is 1. The molecular weight excluding hydrogens is 346 g/mol. The highest BCUT2D eigenvalue weighted by Gasteiger charge is 2.13. The number of hydrogen-bond donors (Lipinski definition) is 3. The second kappa shape index (κ2) is 6.38. The first-order chi connectivity index (χ1) is 13.0. The molecule has 0 spiro atoms. The summed E-state index contributed by atoms with van der Waals surface area (Å²) in [5.74, 6) is -1.39. The molecule has 0 aliphatic heterocycles. The summed E-state index contributed by atoms with van der Waals surface area (Å²) < 4.78 is 0. The molecule has 7 heteroatoms. The van der Waals surface area contributed by atoms with Gasteiger partial charge in [-0.3, -0.25) is 0 Å². The standard InChI is InChI=1S/C20H13N3O4/c24-19(25)13-5-1-11(2-6-13)15-9-10-21-18-16(15)22-17(23-18)12-3-7-14(8-4-12)20(26)27/h1-10H,(H,24,25)(H,26,27)(H,21,22,23). The predicted octanol–water partition coefficient (Wildman–Crippen LogP) is 3.69. The first kappa shape index (κ1) is 16.5. The summed E-state index contributed by atoms with van der Waals surface area (Å²) in [6.45, 7) is 0. The van der Waals surface area contributed by atoms with Crippen LogP contribution in [0.2, 0.25) is 0 Å². The summed E-state index contributed by atoms with van der Waals surface area (Å²) in [5.41, 5.74) is 4.04. The van der Waals surface area contributed by atoms with E-state index in [1.807, 2.05) is 6.07 Å². The lowest BCUT2D eigenvalue weighted by Gasteiger charge is -2.03. The monoisotopic (exact) mass is 359 g/mol. The number of H-pyrrole nitrogens is 1. The molecule has 132 valence electrons. The van der Waals surface area contributed by atoms with E-state index < -0.39 is 11.9 Å². The Hall–Kier alpha value is -4.00. The molecule has 0 radical (unpaired) electrons. The van der Waals surface area contributed by atoms with E-state index in [1.165, 1.54) is 12.1 Å². The minimum atomic E-state index is -0.986. The molecule has 0 saturated heterocycles. The zero-order valence-corrected chi connectivity index (χ0v) is 13.9. The van der Waals surface area contributed by atoms with Gasteiger partial charge < -0.3 is 15.2 Å². The van der Waals surface area contributed by atoms with Gasteiger partial charge in [0.2, 0.25) is 0 Å². The lowest BCUT2D eigenvalue weighted by atomic mass is 10.0. The van der Waals surface area contributed by atoms with Crippen LogP contribution in [-0.4, -0.2) is 37.1 Å². The highest BCUT2D eigenvalue weighted by atomic mass is 16.4. The van der Waals surface area contributed by atoms with Gasteiger partial charge in [0.25, 0.3) is 0 Å². The number of imidazole rings is 1. The van der Waals surface area contributed by atoms with E-state index in [0.29, 0.717) is 17.0 Å². The third-order valence-electron chi connectivity index (χ3n) is 4.23. The van der Waals surface area contributed by atoms with Crippen molar-refractivity contribution in [2.75, 3.05) is 0 Å². The van der Waals surface area contributed by atoms with Crippen molar-refractivity contribution in [3.05, 3.63) is 71.9 Å². The van der Waals surface area contributed by atoms with Gasteiger partial charge in [-0.2, -0.15) is 0 Å². The van der Waals surface area contributed by atoms with Crippen molar-refractivity contribution in [2.45, 2.75) is 0 Å². The Bertz CT molecular complexity index is 1160. The van der Waals surface area contributed by atoms with Gasteiger partial charge in [0.05, 0.1) is 11.1 Å². The topological polar surface area (TPSA) is 116 Å². The first-order valence-corrected chi connectivity index (χ1v) is 8.05. The van der Waals surface area contributed by atoms with Gasteiger partial charge in [0.1, 0.15) is 11.3 Å². The van der Waals surface area contributed by atoms with Crippen LogP contribution >= 0.6 is 0 Å². The molecule has 0 bridgehead atoms. The SMILES string of the molecule is O=C(O)c1ccc(-c2nc3c(-c4ccc(C(=O)O)cc4)ccnc3[nH]2)cc1. The van der Waals surface area contributed by atoms with Gasteiger partial charge in [0.15, 0.2) is 5.65 Å². The fraction of sp³-hybridized carbons (Fsp3) is 0. The molecule has 4 aromatic rings. The zero-order chi connectivity index (χ0) is 19.0. The Morgan fingerprint density at radius 3 is 1.89 bits per heavy atom. The van der Waals surface area contributed by atoms with Crippen molar-refractivity contribution in [2.24, 2.45) is 0 Å². The average molecular weight is 359 g/mol. The Morgan fingerprint density at radius 2 is 1.33 bits per heavy atom. The van der Waals surface area contributed by atoms with Crippen LogP contribution in [0.4, 0.5) is 0 Å². The number of aromatic nitrogens is 3. The highest BCUT2D eigenvalue weighted by molar-refractivity contribution is 5.93. The molecule has 2 heterocycles. The number of rotatable bonds is 4. The average Bonchev–Trinajstić information content (AvgIpc) is 3.12. The smallest absolute Gasteiger partial charge is 0.335 e. The van der Waals surface area contributed by atoms with Crippen LogP contribution in [-0.2, 0) is 0 Å². The molecule has 7 nitrogen and oxygen atoms in total. The van der Waals surface area contributed by atoms with Crippen LogP contribution in [0, 0.1) is 0 Å². The number of pyridine rings is 1. The second-order valence-electron chi connectivity index (χ2n) is 5.91. The maximum Gasteiger partial charge on any atom is 0.335 e. The Balaban J connectivity index is 1.78. The minimum Gasteiger partial charge on any atom is -0.478 e. The van der Waals surface area contributed by atoms with E-state index in [0.717, 1.165) is 16.7 Å². The molecule has 0 aliphatic rings. The third-order valence-corrected chi connectivity index (χ3v) is 4.23. The Morgan fingerprint density at radius 1 is 0.778 bits per heavy atom. The van der Waals surface area contributed by atoms with E-state index in [-0.39, 0.29) is 11.1 Å². The molecule has 0 unspecified atom stereocenters. The molecule has 0 fully saturated rings. The van der Waals surface area contributed by atoms with E-state index in [9.17, 15) is 9.59 Å². The van der Waals surface area contributed by atoms with Crippen LogP contribution in [0.15, 0.2) is 60.8 Å². The fourth-order valence-electron chi connectivity index (χ4n) is 2.84. The number of benzene rings is 2. The van der Waals surface area contributed by atoms with Crippen LogP contribution in [0.5, 0.6) is 0 Å². The van der Waals surface area contributed by atoms with E-state index in [1.54, 1.807) is 42.6 Å². The number of carboxylic acid groups (broad SMARTS) is 2. The number of nitrogens with one attached hydrogen (secondary N) is 1. The summed E-state index contributed by atoms with van der Waals surface area (Å²) in [6, 6.07) is 14.8. The molecular formula is C20H13N3O4. The Kier molecular flexibility index (Phi) is 3.89. The molecule has 0 atom stereocenters. The summed E-state index contributed by atoms with van der Waals surface area (Å²) in [5, 5.41) is 18.0. The van der Waals surface area contributed by atoms with Crippen molar-refractivity contribution >= 4 is 23.1 Å². The number of carboxylic acids is 2. The number of hydrogen-bond acceptors (Lipinski definition) is 4. The van der Waals surface area contributed by atoms with E-state index >= 15 is 0 Å². The van der Waals surface area contributed by atoms with Crippen LogP contribution in [0.3, 0.4) is 0 Å². The molecule has 3 N–H and O–H groups in total. The van der Waals surface area contributed by atoms with E-state index in [2.05, 4.69) is 15.0 Å². The highest BCUT2D eigenvalue weighted by Crippen LogP contribution is 2.28. The molecule has 0 saturated carbocycles. The van der Waals surface area contributed by atoms with Crippen molar-refractivity contribution < 1.29 is 19.8 Å². The Labute approximate surface area is 153 Å². The normalized spacial score (nSPS) is 10.8. The zero-order valence-electron chi connectivity index (χ0n) is 13.9. The number of fused-ring (bicyclic) bond motifs is 1. The first-order valence-electron chi connectivity index (χ1n) is 8.05. The molecule has 2 aromatic carbocycles.